The Bertz CT molecular complexity index is 814. The average Bonchev–Trinajstić information content (AvgIpc) is 3.08. The van der Waals surface area contributed by atoms with Crippen LogP contribution < -0.4 is 5.32 Å². The van der Waals surface area contributed by atoms with Crippen molar-refractivity contribution in [3.8, 4) is 0 Å². The van der Waals surface area contributed by atoms with Gasteiger partial charge in [0, 0.05) is 49.9 Å². The fourth-order valence-corrected chi connectivity index (χ4v) is 3.39. The predicted molar refractivity (Wildman–Crippen MR) is 93.8 cm³/mol. The summed E-state index contributed by atoms with van der Waals surface area (Å²) < 4.78 is 1.76. The first kappa shape index (κ1) is 17.1. The van der Waals surface area contributed by atoms with Crippen LogP contribution >= 0.6 is 0 Å². The summed E-state index contributed by atoms with van der Waals surface area (Å²) in [5, 5.41) is 7.25. The molecule has 1 aliphatic heterocycles. The number of nitrogens with zero attached hydrogens (tertiary/aromatic N) is 4. The van der Waals surface area contributed by atoms with E-state index >= 15 is 0 Å². The van der Waals surface area contributed by atoms with Gasteiger partial charge in [-0.05, 0) is 25.0 Å². The Morgan fingerprint density at radius 1 is 1.36 bits per heavy atom. The highest BCUT2D eigenvalue weighted by atomic mass is 16.2. The Morgan fingerprint density at radius 2 is 2.12 bits per heavy atom. The van der Waals surface area contributed by atoms with Gasteiger partial charge in [0.05, 0.1) is 18.2 Å². The lowest BCUT2D eigenvalue weighted by Gasteiger charge is -2.24. The molecule has 2 amide bonds. The van der Waals surface area contributed by atoms with Crippen molar-refractivity contribution >= 4 is 17.5 Å². The van der Waals surface area contributed by atoms with Gasteiger partial charge in [0.2, 0.25) is 11.8 Å². The SMILES string of the molecule is CCc1cnccc1NC(=O)[C@H]1CC(=O)N(C)[C@@H]1c1cnn(C)c1C. The van der Waals surface area contributed by atoms with Crippen LogP contribution in [0.15, 0.2) is 24.7 Å². The van der Waals surface area contributed by atoms with E-state index in [-0.39, 0.29) is 24.3 Å². The van der Waals surface area contributed by atoms with Crippen LogP contribution in [-0.2, 0) is 23.1 Å². The van der Waals surface area contributed by atoms with Gasteiger partial charge in [-0.25, -0.2) is 0 Å². The molecule has 1 fully saturated rings. The number of amides is 2. The Balaban J connectivity index is 1.90. The van der Waals surface area contributed by atoms with Crippen molar-refractivity contribution in [2.45, 2.75) is 32.7 Å². The van der Waals surface area contributed by atoms with Crippen molar-refractivity contribution in [2.75, 3.05) is 12.4 Å². The second kappa shape index (κ2) is 6.66. The Morgan fingerprint density at radius 3 is 2.76 bits per heavy atom. The molecule has 0 spiro atoms. The second-order valence-corrected chi connectivity index (χ2v) is 6.44. The van der Waals surface area contributed by atoms with Crippen LogP contribution in [0.1, 0.15) is 36.2 Å². The number of nitrogens with one attached hydrogen (secondary N) is 1. The van der Waals surface area contributed by atoms with E-state index in [9.17, 15) is 9.59 Å². The van der Waals surface area contributed by atoms with Crippen molar-refractivity contribution < 1.29 is 9.59 Å². The summed E-state index contributed by atoms with van der Waals surface area (Å²) in [6.07, 6.45) is 6.14. The zero-order valence-corrected chi connectivity index (χ0v) is 15.0. The molecule has 1 aliphatic rings. The van der Waals surface area contributed by atoms with Crippen LogP contribution in [-0.4, -0.2) is 38.5 Å². The van der Waals surface area contributed by atoms with E-state index in [4.69, 9.17) is 0 Å². The van der Waals surface area contributed by atoms with E-state index in [1.54, 1.807) is 41.3 Å². The second-order valence-electron chi connectivity index (χ2n) is 6.44. The maximum atomic E-state index is 12.9. The molecule has 0 saturated carbocycles. The first-order valence-corrected chi connectivity index (χ1v) is 8.42. The molecule has 3 heterocycles. The lowest BCUT2D eigenvalue weighted by Crippen LogP contribution is -2.30. The Kier molecular flexibility index (Phi) is 4.57. The van der Waals surface area contributed by atoms with Crippen molar-refractivity contribution in [2.24, 2.45) is 13.0 Å². The van der Waals surface area contributed by atoms with Crippen LogP contribution in [0.4, 0.5) is 5.69 Å². The summed E-state index contributed by atoms with van der Waals surface area (Å²) in [7, 11) is 3.60. The molecule has 0 aromatic carbocycles. The van der Waals surface area contributed by atoms with E-state index in [1.807, 2.05) is 20.9 Å². The molecule has 0 unspecified atom stereocenters. The van der Waals surface area contributed by atoms with Gasteiger partial charge in [0.1, 0.15) is 0 Å². The van der Waals surface area contributed by atoms with Gasteiger partial charge in [0.25, 0.3) is 0 Å². The molecule has 132 valence electrons. The highest BCUT2D eigenvalue weighted by Crippen LogP contribution is 2.39. The van der Waals surface area contributed by atoms with Gasteiger partial charge in [-0.3, -0.25) is 19.3 Å². The molecule has 25 heavy (non-hydrogen) atoms. The zero-order chi connectivity index (χ0) is 18.1. The molecular formula is C18H23N5O2. The summed E-state index contributed by atoms with van der Waals surface area (Å²) in [6, 6.07) is 1.50. The molecule has 1 saturated heterocycles. The summed E-state index contributed by atoms with van der Waals surface area (Å²) in [6.45, 7) is 3.97. The molecule has 3 rings (SSSR count). The number of aromatic nitrogens is 3. The zero-order valence-electron chi connectivity index (χ0n) is 15.0. The van der Waals surface area contributed by atoms with Crippen LogP contribution in [0.5, 0.6) is 0 Å². The van der Waals surface area contributed by atoms with E-state index in [0.717, 1.165) is 28.9 Å². The standard InChI is InChI=1S/C18H23N5O2/c1-5-12-9-19-7-6-15(12)21-18(25)13-8-16(24)22(3)17(13)14-10-20-23(4)11(14)2/h6-7,9-10,13,17H,5,8H2,1-4H3,(H,19,21,25)/t13-,17-/m0/s1. The van der Waals surface area contributed by atoms with E-state index in [2.05, 4.69) is 15.4 Å². The van der Waals surface area contributed by atoms with E-state index in [1.165, 1.54) is 0 Å². The number of hydrogen-bond acceptors (Lipinski definition) is 4. The van der Waals surface area contributed by atoms with Crippen molar-refractivity contribution in [3.63, 3.8) is 0 Å². The van der Waals surface area contributed by atoms with Gasteiger partial charge < -0.3 is 10.2 Å². The molecule has 0 aliphatic carbocycles. The molecule has 2 atom stereocenters. The number of carbonyl (C=O) groups is 2. The molecule has 7 nitrogen and oxygen atoms in total. The molecule has 0 bridgehead atoms. The van der Waals surface area contributed by atoms with Crippen LogP contribution in [0, 0.1) is 12.8 Å². The number of carbonyl (C=O) groups excluding carboxylic acids is 2. The third-order valence-corrected chi connectivity index (χ3v) is 5.06. The van der Waals surface area contributed by atoms with Gasteiger partial charge in [-0.1, -0.05) is 6.92 Å². The third kappa shape index (κ3) is 3.01. The summed E-state index contributed by atoms with van der Waals surface area (Å²) in [5.41, 5.74) is 3.61. The van der Waals surface area contributed by atoms with Crippen LogP contribution in [0.2, 0.25) is 0 Å². The number of aryl methyl sites for hydroxylation is 2. The fraction of sp³-hybridized carbons (Fsp3) is 0.444. The van der Waals surface area contributed by atoms with E-state index < -0.39 is 5.92 Å². The largest absolute Gasteiger partial charge is 0.338 e. The highest BCUT2D eigenvalue weighted by molar-refractivity contribution is 5.98. The first-order valence-electron chi connectivity index (χ1n) is 8.42. The van der Waals surface area contributed by atoms with Gasteiger partial charge >= 0.3 is 0 Å². The number of rotatable bonds is 4. The van der Waals surface area contributed by atoms with Gasteiger partial charge in [0.15, 0.2) is 0 Å². The van der Waals surface area contributed by atoms with Crippen LogP contribution in [0.3, 0.4) is 0 Å². The molecule has 2 aromatic heterocycles. The molecular weight excluding hydrogens is 318 g/mol. The van der Waals surface area contributed by atoms with Gasteiger partial charge in [-0.15, -0.1) is 0 Å². The van der Waals surface area contributed by atoms with Crippen molar-refractivity contribution in [1.29, 1.82) is 0 Å². The quantitative estimate of drug-likeness (QED) is 0.920. The first-order chi connectivity index (χ1) is 11.9. The normalized spacial score (nSPS) is 20.2. The number of hydrogen-bond donors (Lipinski definition) is 1. The maximum Gasteiger partial charge on any atom is 0.230 e. The van der Waals surface area contributed by atoms with Crippen molar-refractivity contribution in [1.82, 2.24) is 19.7 Å². The topological polar surface area (TPSA) is 80.1 Å². The molecule has 0 radical (unpaired) electrons. The van der Waals surface area contributed by atoms with Crippen LogP contribution in [0.25, 0.3) is 0 Å². The average molecular weight is 341 g/mol. The van der Waals surface area contributed by atoms with Gasteiger partial charge in [-0.2, -0.15) is 5.10 Å². The number of likely N-dealkylation sites (tertiary alicyclic amines) is 1. The molecule has 1 N–H and O–H groups in total. The lowest BCUT2D eigenvalue weighted by atomic mass is 9.93. The van der Waals surface area contributed by atoms with Crippen molar-refractivity contribution in [3.05, 3.63) is 41.5 Å². The monoisotopic (exact) mass is 341 g/mol. The minimum absolute atomic E-state index is 0.0288. The molecule has 7 heteroatoms. The maximum absolute atomic E-state index is 12.9. The smallest absolute Gasteiger partial charge is 0.230 e. The minimum atomic E-state index is -0.446. The molecule has 2 aromatic rings. The third-order valence-electron chi connectivity index (χ3n) is 5.06. The van der Waals surface area contributed by atoms with E-state index in [0.29, 0.717) is 0 Å². The summed E-state index contributed by atoms with van der Waals surface area (Å²) >= 11 is 0. The summed E-state index contributed by atoms with van der Waals surface area (Å²) in [4.78, 5) is 31.0. The summed E-state index contributed by atoms with van der Waals surface area (Å²) in [5.74, 6) is -0.621. The Hall–Kier alpha value is -2.70. The number of pyridine rings is 1. The highest BCUT2D eigenvalue weighted by Gasteiger charge is 2.44. The lowest BCUT2D eigenvalue weighted by molar-refractivity contribution is -0.127. The minimum Gasteiger partial charge on any atom is -0.338 e. The number of anilines is 1. The predicted octanol–water partition coefficient (Wildman–Crippen LogP) is 1.84. The Labute approximate surface area is 147 Å². The fourth-order valence-electron chi connectivity index (χ4n) is 3.39.